The Morgan fingerprint density at radius 3 is 1.48 bits per heavy atom. The van der Waals surface area contributed by atoms with E-state index in [9.17, 15) is 9.13 Å². The van der Waals surface area contributed by atoms with Gasteiger partial charge in [0.1, 0.15) is 0 Å². The maximum absolute atomic E-state index is 13.4. The lowest BCUT2D eigenvalue weighted by Gasteiger charge is -2.31. The molecule has 0 bridgehead atoms. The van der Waals surface area contributed by atoms with Crippen LogP contribution in [0.3, 0.4) is 0 Å². The Hall–Kier alpha value is -0.0000000000000000416. The Kier molecular flexibility index (Phi) is 10.1. The largest absolute Gasteiger partial charge is 0.346 e. The van der Waals surface area contributed by atoms with E-state index in [0.29, 0.717) is 0 Å². The second-order valence-electron chi connectivity index (χ2n) is 5.06. The summed E-state index contributed by atoms with van der Waals surface area (Å²) in [5.41, 5.74) is 0.840. The molecule has 0 aromatic heterocycles. The average Bonchev–Trinajstić information content (AvgIpc) is 2.55. The molecule has 0 N–H and O–H groups in total. The van der Waals surface area contributed by atoms with Crippen molar-refractivity contribution >= 4 is 31.1 Å². The number of benzene rings is 1. The third-order valence-electron chi connectivity index (χ3n) is 3.30. The van der Waals surface area contributed by atoms with Crippen molar-refractivity contribution in [3.63, 3.8) is 0 Å². The zero-order valence-corrected chi connectivity index (χ0v) is 18.5. The lowest BCUT2D eigenvalue weighted by atomic mass is 10.2. The molecular formula is C16H27BrO6P2. The van der Waals surface area contributed by atoms with E-state index in [2.05, 4.69) is 15.9 Å². The first-order valence-electron chi connectivity index (χ1n) is 8.37. The SMILES string of the molecule is CCOP(=O)(OCC)C(Cc1ccc(Br)cc1)P(=O)(OCC)OCC. The quantitative estimate of drug-likeness (QED) is 0.367. The van der Waals surface area contributed by atoms with Crippen molar-refractivity contribution in [3.8, 4) is 0 Å². The van der Waals surface area contributed by atoms with Gasteiger partial charge in [0, 0.05) is 4.47 Å². The summed E-state index contributed by atoms with van der Waals surface area (Å²) in [7, 11) is -7.43. The summed E-state index contributed by atoms with van der Waals surface area (Å²) in [6.45, 7) is 7.56. The molecule has 9 heteroatoms. The van der Waals surface area contributed by atoms with Gasteiger partial charge in [0.05, 0.1) is 26.4 Å². The minimum atomic E-state index is -3.71. The summed E-state index contributed by atoms with van der Waals surface area (Å²) in [6.07, 6.45) is 0.196. The van der Waals surface area contributed by atoms with Crippen molar-refractivity contribution in [2.75, 3.05) is 26.4 Å². The van der Waals surface area contributed by atoms with Crippen LogP contribution in [-0.4, -0.2) is 31.8 Å². The number of rotatable bonds is 12. The van der Waals surface area contributed by atoms with Crippen LogP contribution in [0.15, 0.2) is 28.7 Å². The van der Waals surface area contributed by atoms with Crippen LogP contribution >= 0.6 is 31.1 Å². The molecule has 1 aromatic rings. The average molecular weight is 457 g/mol. The highest BCUT2D eigenvalue weighted by Gasteiger charge is 2.50. The molecule has 144 valence electrons. The maximum atomic E-state index is 13.4. The molecule has 0 atom stereocenters. The van der Waals surface area contributed by atoms with E-state index in [1.165, 1.54) is 0 Å². The van der Waals surface area contributed by atoms with E-state index in [0.717, 1.165) is 10.0 Å². The lowest BCUT2D eigenvalue weighted by molar-refractivity contribution is 0.195. The van der Waals surface area contributed by atoms with Crippen LogP contribution in [0.1, 0.15) is 33.3 Å². The van der Waals surface area contributed by atoms with Crippen LogP contribution in [0.2, 0.25) is 0 Å². The zero-order chi connectivity index (χ0) is 18.9. The smallest absolute Gasteiger partial charge is 0.308 e. The normalized spacial score (nSPS) is 12.7. The Morgan fingerprint density at radius 2 is 1.16 bits per heavy atom. The third kappa shape index (κ3) is 6.59. The lowest BCUT2D eigenvalue weighted by Crippen LogP contribution is -2.20. The summed E-state index contributed by atoms with van der Waals surface area (Å²) in [5, 5.41) is -1.03. The van der Waals surface area contributed by atoms with Crippen molar-refractivity contribution in [2.24, 2.45) is 0 Å². The van der Waals surface area contributed by atoms with E-state index >= 15 is 0 Å². The Bertz CT molecular complexity index is 557. The van der Waals surface area contributed by atoms with Gasteiger partial charge < -0.3 is 18.1 Å². The summed E-state index contributed by atoms with van der Waals surface area (Å²) < 4.78 is 49.5. The molecule has 25 heavy (non-hydrogen) atoms. The molecular weight excluding hydrogens is 430 g/mol. The van der Waals surface area contributed by atoms with Crippen molar-refractivity contribution in [2.45, 2.75) is 39.5 Å². The van der Waals surface area contributed by atoms with Crippen molar-refractivity contribution in [1.29, 1.82) is 0 Å². The standard InChI is InChI=1S/C16H27BrO6P2/c1-5-20-24(18,21-6-2)16(25(19,22-7-3)23-8-4)13-14-9-11-15(17)12-10-14/h9-12,16H,5-8,13H2,1-4H3. The summed E-state index contributed by atoms with van der Waals surface area (Å²) in [4.78, 5) is 0. The fourth-order valence-electron chi connectivity index (χ4n) is 2.37. The fraction of sp³-hybridized carbons (Fsp3) is 0.625. The minimum Gasteiger partial charge on any atom is -0.308 e. The summed E-state index contributed by atoms with van der Waals surface area (Å²) >= 11 is 3.38. The van der Waals surface area contributed by atoms with E-state index in [1.54, 1.807) is 27.7 Å². The Morgan fingerprint density at radius 1 is 0.800 bits per heavy atom. The van der Waals surface area contributed by atoms with E-state index in [1.807, 2.05) is 24.3 Å². The van der Waals surface area contributed by atoms with E-state index in [4.69, 9.17) is 18.1 Å². The van der Waals surface area contributed by atoms with Gasteiger partial charge in [0.15, 0.2) is 5.40 Å². The van der Waals surface area contributed by atoms with Crippen LogP contribution in [0.25, 0.3) is 0 Å². The second-order valence-corrected chi connectivity index (χ2v) is 10.8. The molecule has 0 heterocycles. The molecule has 0 amide bonds. The highest BCUT2D eigenvalue weighted by Crippen LogP contribution is 2.71. The van der Waals surface area contributed by atoms with Gasteiger partial charge in [-0.1, -0.05) is 28.1 Å². The van der Waals surface area contributed by atoms with Gasteiger partial charge in [-0.3, -0.25) is 9.13 Å². The minimum absolute atomic E-state index is 0.173. The van der Waals surface area contributed by atoms with Gasteiger partial charge in [-0.25, -0.2) is 0 Å². The highest BCUT2D eigenvalue weighted by molar-refractivity contribution is 9.10. The van der Waals surface area contributed by atoms with Crippen molar-refractivity contribution < 1.29 is 27.2 Å². The predicted octanol–water partition coefficient (Wildman–Crippen LogP) is 5.85. The molecule has 1 aromatic carbocycles. The molecule has 0 saturated heterocycles. The van der Waals surface area contributed by atoms with Gasteiger partial charge in [0.2, 0.25) is 0 Å². The van der Waals surface area contributed by atoms with Crippen LogP contribution < -0.4 is 0 Å². The van der Waals surface area contributed by atoms with Crippen LogP contribution in [0.4, 0.5) is 0 Å². The molecule has 0 radical (unpaired) electrons. The molecule has 0 fully saturated rings. The van der Waals surface area contributed by atoms with Crippen LogP contribution in [-0.2, 0) is 33.6 Å². The molecule has 0 aliphatic heterocycles. The molecule has 1 rings (SSSR count). The first kappa shape index (κ1) is 23.0. The van der Waals surface area contributed by atoms with Crippen LogP contribution in [0, 0.1) is 0 Å². The molecule has 0 saturated carbocycles. The molecule has 0 spiro atoms. The van der Waals surface area contributed by atoms with Gasteiger partial charge in [-0.2, -0.15) is 0 Å². The van der Waals surface area contributed by atoms with Gasteiger partial charge in [-0.05, 0) is 51.8 Å². The molecule has 0 aliphatic carbocycles. The molecule has 6 nitrogen and oxygen atoms in total. The topological polar surface area (TPSA) is 71.1 Å². The van der Waals surface area contributed by atoms with Gasteiger partial charge in [-0.15, -0.1) is 0 Å². The van der Waals surface area contributed by atoms with Gasteiger partial charge in [0.25, 0.3) is 0 Å². The first-order valence-corrected chi connectivity index (χ1v) is 12.4. The van der Waals surface area contributed by atoms with E-state index in [-0.39, 0.29) is 32.8 Å². The molecule has 0 unspecified atom stereocenters. The molecule has 0 aliphatic rings. The monoisotopic (exact) mass is 456 g/mol. The van der Waals surface area contributed by atoms with Crippen LogP contribution in [0.5, 0.6) is 0 Å². The maximum Gasteiger partial charge on any atom is 0.346 e. The van der Waals surface area contributed by atoms with Gasteiger partial charge >= 0.3 is 15.2 Å². The summed E-state index contributed by atoms with van der Waals surface area (Å²) in [6, 6.07) is 7.46. The van der Waals surface area contributed by atoms with Crippen molar-refractivity contribution in [3.05, 3.63) is 34.3 Å². The third-order valence-corrected chi connectivity index (χ3v) is 9.82. The number of hydrogen-bond donors (Lipinski definition) is 0. The fourth-order valence-corrected chi connectivity index (χ4v) is 7.96. The van der Waals surface area contributed by atoms with E-state index < -0.39 is 20.6 Å². The highest BCUT2D eigenvalue weighted by atomic mass is 79.9. The second kappa shape index (κ2) is 11.0. The Labute approximate surface area is 158 Å². The Balaban J connectivity index is 3.34. The zero-order valence-electron chi connectivity index (χ0n) is 15.1. The summed E-state index contributed by atoms with van der Waals surface area (Å²) in [5.74, 6) is 0. The number of hydrogen-bond acceptors (Lipinski definition) is 6. The van der Waals surface area contributed by atoms with Crippen molar-refractivity contribution in [1.82, 2.24) is 0 Å². The first-order chi connectivity index (χ1) is 11.8. The predicted molar refractivity (Wildman–Crippen MR) is 103 cm³/mol. The number of halogens is 1.